The molecular weight excluding hydrogens is 199 g/mol. The van der Waals surface area contributed by atoms with E-state index in [1.807, 2.05) is 0 Å². The Morgan fingerprint density at radius 1 is 1.38 bits per heavy atom. The molecule has 0 aromatic heterocycles. The van der Waals surface area contributed by atoms with Crippen LogP contribution in [0.3, 0.4) is 0 Å². The molecule has 0 saturated heterocycles. The van der Waals surface area contributed by atoms with Gasteiger partial charge in [0.05, 0.1) is 7.11 Å². The molecule has 5 heteroatoms. The van der Waals surface area contributed by atoms with Crippen LogP contribution in [-0.2, 0) is 4.89 Å². The zero-order valence-electron chi connectivity index (χ0n) is 6.48. The first-order valence-electron chi connectivity index (χ1n) is 3.28. The fourth-order valence-electron chi connectivity index (χ4n) is 0.806. The average Bonchev–Trinajstić information content (AvgIpc) is 2.05. The molecule has 66 valence electrons. The van der Waals surface area contributed by atoms with Crippen LogP contribution in [0.4, 0.5) is 0 Å². The number of carboxylic acid groups (broad SMARTS) is 1. The summed E-state index contributed by atoms with van der Waals surface area (Å²) in [5.41, 5.74) is 0.0827. The second-order valence-corrected chi connectivity index (χ2v) is 2.05. The van der Waals surface area contributed by atoms with E-state index < -0.39 is 5.97 Å². The summed E-state index contributed by atoms with van der Waals surface area (Å²) >= 11 is 0. The van der Waals surface area contributed by atoms with Gasteiger partial charge in [-0.05, 0) is 12.1 Å². The zero-order chi connectivity index (χ0) is 8.97. The Morgan fingerprint density at radius 2 is 2.00 bits per heavy atom. The van der Waals surface area contributed by atoms with Gasteiger partial charge < -0.3 is 9.99 Å². The predicted octanol–water partition coefficient (Wildman–Crippen LogP) is 0.676. The third kappa shape index (κ3) is 3.76. The summed E-state index contributed by atoms with van der Waals surface area (Å²) in [6.45, 7) is 0. The van der Waals surface area contributed by atoms with Crippen molar-refractivity contribution in [2.24, 2.45) is 0 Å². The fraction of sp³-hybridized carbons (Fsp3) is 0.125. The Bertz CT molecular complexity index is 287. The van der Waals surface area contributed by atoms with Crippen molar-refractivity contribution in [3.8, 4) is 5.75 Å². The molecular formula is C8H9KO4. The first-order chi connectivity index (χ1) is 5.75. The van der Waals surface area contributed by atoms with Gasteiger partial charge in [0.15, 0.2) is 5.75 Å². The van der Waals surface area contributed by atoms with E-state index in [-0.39, 0.29) is 62.7 Å². The van der Waals surface area contributed by atoms with Crippen molar-refractivity contribution in [1.29, 1.82) is 0 Å². The second-order valence-electron chi connectivity index (χ2n) is 2.05. The molecule has 1 aromatic rings. The van der Waals surface area contributed by atoms with Gasteiger partial charge >= 0.3 is 57.4 Å². The van der Waals surface area contributed by atoms with E-state index in [1.165, 1.54) is 19.2 Å². The molecule has 0 aliphatic heterocycles. The summed E-state index contributed by atoms with van der Waals surface area (Å²) in [5.74, 6) is -0.838. The van der Waals surface area contributed by atoms with E-state index in [9.17, 15) is 4.79 Å². The van der Waals surface area contributed by atoms with E-state index in [0.29, 0.717) is 0 Å². The van der Waals surface area contributed by atoms with Crippen molar-refractivity contribution >= 4 is 57.4 Å². The average molecular weight is 208 g/mol. The molecule has 0 atom stereocenters. The Kier molecular flexibility index (Phi) is 6.57. The van der Waals surface area contributed by atoms with Crippen molar-refractivity contribution in [3.63, 3.8) is 0 Å². The van der Waals surface area contributed by atoms with Gasteiger partial charge in [-0.1, -0.05) is 12.1 Å². The standard InChI is InChI=1S/C8H8O4.K.H/c1-11-12-7-5-3-2-4-6(7)8(9)10;;/h2-5H,1H3,(H,9,10);;. The maximum absolute atomic E-state index is 10.6. The minimum atomic E-state index is -1.04. The van der Waals surface area contributed by atoms with Gasteiger partial charge in [0, 0.05) is 0 Å². The Labute approximate surface area is 118 Å². The summed E-state index contributed by atoms with van der Waals surface area (Å²) in [6, 6.07) is 6.25. The number of hydrogen-bond donors (Lipinski definition) is 1. The molecule has 1 N–H and O–H groups in total. The predicted molar refractivity (Wildman–Crippen MR) is 48.2 cm³/mol. The molecule has 0 radical (unpaired) electrons. The summed E-state index contributed by atoms with van der Waals surface area (Å²) in [5, 5.41) is 8.66. The number of hydrogen-bond acceptors (Lipinski definition) is 3. The van der Waals surface area contributed by atoms with Crippen molar-refractivity contribution in [1.82, 2.24) is 0 Å². The normalized spacial score (nSPS) is 8.69. The Morgan fingerprint density at radius 3 is 2.54 bits per heavy atom. The van der Waals surface area contributed by atoms with Crippen molar-refractivity contribution < 1.29 is 19.7 Å². The van der Waals surface area contributed by atoms with Gasteiger partial charge in [-0.15, -0.1) is 0 Å². The monoisotopic (exact) mass is 208 g/mol. The van der Waals surface area contributed by atoms with Crippen LogP contribution in [0.1, 0.15) is 10.4 Å². The molecule has 0 saturated carbocycles. The van der Waals surface area contributed by atoms with Gasteiger partial charge in [-0.25, -0.2) is 4.79 Å². The molecule has 0 fully saturated rings. The molecule has 0 spiro atoms. The van der Waals surface area contributed by atoms with Gasteiger partial charge in [0.1, 0.15) is 5.56 Å². The first-order valence-corrected chi connectivity index (χ1v) is 3.28. The summed E-state index contributed by atoms with van der Waals surface area (Å²) in [7, 11) is 1.32. The van der Waals surface area contributed by atoms with Crippen molar-refractivity contribution in [2.75, 3.05) is 7.11 Å². The van der Waals surface area contributed by atoms with Crippen LogP contribution < -0.4 is 4.89 Å². The number of carboxylic acids is 1. The molecule has 0 aliphatic rings. The van der Waals surface area contributed by atoms with Crippen LogP contribution in [0, 0.1) is 0 Å². The molecule has 0 aliphatic carbocycles. The van der Waals surface area contributed by atoms with E-state index in [2.05, 4.69) is 9.78 Å². The molecule has 0 amide bonds. The summed E-state index contributed by atoms with van der Waals surface area (Å²) in [4.78, 5) is 19.5. The third-order valence-corrected chi connectivity index (χ3v) is 1.29. The summed E-state index contributed by atoms with van der Waals surface area (Å²) in [6.07, 6.45) is 0. The Hall–Kier alpha value is 0.0864. The SMILES string of the molecule is COOc1ccccc1C(=O)O.[KH]. The molecule has 0 heterocycles. The topological polar surface area (TPSA) is 55.8 Å². The van der Waals surface area contributed by atoms with Crippen molar-refractivity contribution in [2.45, 2.75) is 0 Å². The van der Waals surface area contributed by atoms with Crippen LogP contribution in [0.15, 0.2) is 24.3 Å². The molecule has 0 unspecified atom stereocenters. The van der Waals surface area contributed by atoms with Crippen LogP contribution >= 0.6 is 0 Å². The second kappa shape index (κ2) is 6.53. The summed E-state index contributed by atoms with van der Waals surface area (Å²) < 4.78 is 0. The molecule has 4 nitrogen and oxygen atoms in total. The van der Waals surface area contributed by atoms with E-state index in [1.54, 1.807) is 12.1 Å². The van der Waals surface area contributed by atoms with Crippen LogP contribution in [0.2, 0.25) is 0 Å². The number of rotatable bonds is 3. The van der Waals surface area contributed by atoms with Crippen molar-refractivity contribution in [3.05, 3.63) is 29.8 Å². The van der Waals surface area contributed by atoms with Gasteiger partial charge in [-0.3, -0.25) is 0 Å². The number of para-hydroxylation sites is 1. The van der Waals surface area contributed by atoms with Crippen LogP contribution in [0.25, 0.3) is 0 Å². The van der Waals surface area contributed by atoms with E-state index in [0.717, 1.165) is 0 Å². The fourth-order valence-corrected chi connectivity index (χ4v) is 0.806. The molecule has 13 heavy (non-hydrogen) atoms. The van der Waals surface area contributed by atoms with E-state index in [4.69, 9.17) is 5.11 Å². The quantitative estimate of drug-likeness (QED) is 0.451. The van der Waals surface area contributed by atoms with Gasteiger partial charge in [-0.2, -0.15) is 4.89 Å². The zero-order valence-corrected chi connectivity index (χ0v) is 6.48. The number of carbonyl (C=O) groups is 1. The third-order valence-electron chi connectivity index (χ3n) is 1.29. The minimum absolute atomic E-state index is 0. The van der Waals surface area contributed by atoms with Crippen LogP contribution in [-0.4, -0.2) is 69.6 Å². The molecule has 0 bridgehead atoms. The first kappa shape index (κ1) is 13.1. The van der Waals surface area contributed by atoms with Gasteiger partial charge in [0.25, 0.3) is 0 Å². The molecule has 1 aromatic carbocycles. The number of benzene rings is 1. The van der Waals surface area contributed by atoms with Gasteiger partial charge in [0.2, 0.25) is 0 Å². The van der Waals surface area contributed by atoms with Crippen LogP contribution in [0.5, 0.6) is 5.75 Å². The molecule has 1 rings (SSSR count). The maximum atomic E-state index is 10.6. The van der Waals surface area contributed by atoms with E-state index >= 15 is 0 Å². The Balaban J connectivity index is 0.00000144. The number of aromatic carboxylic acids is 1.